The van der Waals surface area contributed by atoms with E-state index >= 15 is 0 Å². The molecule has 0 saturated carbocycles. The standard InChI is InChI=1S/C40H61N5O7S/c1-11-25(4)34(43-36(48)32-22-40(7,8)17-18-44(32)9)38(49)45(10)31(24(2)3)21-33(52-27(6)46)37-42-30(23-53-37)35(47)41-29(19-26(5)39(50)51)20-28-15-13-12-14-16-28/h12-16,23-26,29,31-34H,11,17-22H2,1-10H3,(H,41,47)(H,43,48)(H,50,51)/t25-,26-,29+,31+,32-,33+,34-/m0/s1. The van der Waals surface area contributed by atoms with Crippen molar-refractivity contribution in [1.29, 1.82) is 0 Å². The maximum atomic E-state index is 14.3. The number of thiazole rings is 1. The number of rotatable bonds is 18. The van der Waals surface area contributed by atoms with Crippen molar-refractivity contribution in [1.82, 2.24) is 25.4 Å². The largest absolute Gasteiger partial charge is 0.481 e. The summed E-state index contributed by atoms with van der Waals surface area (Å²) in [5, 5.41) is 17.6. The lowest BCUT2D eigenvalue weighted by molar-refractivity contribution is -0.149. The van der Waals surface area contributed by atoms with Crippen molar-refractivity contribution in [2.75, 3.05) is 20.6 Å². The second-order valence-electron chi connectivity index (χ2n) is 16.0. The third-order valence-electron chi connectivity index (χ3n) is 10.6. The molecule has 1 saturated heterocycles. The lowest BCUT2D eigenvalue weighted by atomic mass is 9.78. The van der Waals surface area contributed by atoms with Gasteiger partial charge in [0.1, 0.15) is 16.7 Å². The van der Waals surface area contributed by atoms with Crippen LogP contribution in [0.1, 0.15) is 115 Å². The summed E-state index contributed by atoms with van der Waals surface area (Å²) in [6.45, 7) is 16.0. The highest BCUT2D eigenvalue weighted by Gasteiger charge is 2.40. The zero-order valence-electron chi connectivity index (χ0n) is 33.2. The molecule has 0 bridgehead atoms. The first-order valence-electron chi connectivity index (χ1n) is 18.8. The van der Waals surface area contributed by atoms with Gasteiger partial charge >= 0.3 is 11.9 Å². The maximum absolute atomic E-state index is 14.3. The highest BCUT2D eigenvalue weighted by atomic mass is 32.1. The number of nitrogens with one attached hydrogen (secondary N) is 2. The van der Waals surface area contributed by atoms with Crippen molar-refractivity contribution in [3.8, 4) is 0 Å². The maximum Gasteiger partial charge on any atom is 0.306 e. The zero-order chi connectivity index (χ0) is 39.6. The molecule has 1 aromatic carbocycles. The van der Waals surface area contributed by atoms with Crippen LogP contribution in [0, 0.1) is 23.2 Å². The summed E-state index contributed by atoms with van der Waals surface area (Å²) in [5.41, 5.74) is 1.11. The number of hydrogen-bond donors (Lipinski definition) is 3. The van der Waals surface area contributed by atoms with E-state index in [-0.39, 0.29) is 53.6 Å². The fourth-order valence-electron chi connectivity index (χ4n) is 6.94. The number of benzene rings is 1. The smallest absolute Gasteiger partial charge is 0.306 e. The van der Waals surface area contributed by atoms with E-state index in [9.17, 15) is 29.1 Å². The predicted molar refractivity (Wildman–Crippen MR) is 206 cm³/mol. The van der Waals surface area contributed by atoms with Gasteiger partial charge in [0.15, 0.2) is 6.10 Å². The number of aliphatic carboxylic acids is 1. The molecular formula is C40H61N5O7S. The first kappa shape index (κ1) is 43.6. The summed E-state index contributed by atoms with van der Waals surface area (Å²) >= 11 is 1.18. The molecule has 294 valence electrons. The number of hydrogen-bond acceptors (Lipinski definition) is 9. The summed E-state index contributed by atoms with van der Waals surface area (Å²) in [7, 11) is 3.67. The molecule has 1 fully saturated rings. The molecule has 0 spiro atoms. The molecule has 0 radical (unpaired) electrons. The molecule has 7 atom stereocenters. The Hall–Kier alpha value is -3.84. The minimum Gasteiger partial charge on any atom is -0.481 e. The van der Waals surface area contributed by atoms with Gasteiger partial charge in [-0.3, -0.25) is 28.9 Å². The summed E-state index contributed by atoms with van der Waals surface area (Å²) in [5.74, 6) is -3.16. The highest BCUT2D eigenvalue weighted by Crippen LogP contribution is 2.34. The van der Waals surface area contributed by atoms with Gasteiger partial charge in [-0.2, -0.15) is 0 Å². The number of carbonyl (C=O) groups excluding carboxylic acids is 4. The van der Waals surface area contributed by atoms with E-state index in [1.165, 1.54) is 18.3 Å². The molecule has 0 unspecified atom stereocenters. The number of aromatic nitrogens is 1. The molecule has 13 heteroatoms. The summed E-state index contributed by atoms with van der Waals surface area (Å²) in [4.78, 5) is 73.8. The van der Waals surface area contributed by atoms with Gasteiger partial charge in [0, 0.05) is 37.9 Å². The van der Waals surface area contributed by atoms with Crippen LogP contribution in [-0.2, 0) is 30.3 Å². The van der Waals surface area contributed by atoms with Crippen molar-refractivity contribution in [2.24, 2.45) is 23.2 Å². The molecule has 1 aromatic heterocycles. The predicted octanol–water partition coefficient (Wildman–Crippen LogP) is 5.72. The SMILES string of the molecule is CC[C@H](C)[C@H](NC(=O)[C@@H]1CC(C)(C)CCN1C)C(=O)N(C)[C@H](C[C@@H](OC(C)=O)c1nc(C(=O)N[C@@H](Cc2ccccc2)C[C@H](C)C(=O)O)cs1)C(C)C. The van der Waals surface area contributed by atoms with E-state index in [0.717, 1.165) is 18.5 Å². The number of esters is 1. The second kappa shape index (κ2) is 19.5. The number of likely N-dealkylation sites (N-methyl/N-ethyl adjacent to an activating group) is 2. The van der Waals surface area contributed by atoms with E-state index in [1.807, 2.05) is 65.1 Å². The monoisotopic (exact) mass is 755 g/mol. The number of amides is 3. The summed E-state index contributed by atoms with van der Waals surface area (Å²) in [6, 6.07) is 7.60. The van der Waals surface area contributed by atoms with Crippen LogP contribution in [0.15, 0.2) is 35.7 Å². The average molecular weight is 756 g/mol. The highest BCUT2D eigenvalue weighted by molar-refractivity contribution is 7.09. The van der Waals surface area contributed by atoms with E-state index in [1.54, 1.807) is 24.3 Å². The molecule has 2 aromatic rings. The van der Waals surface area contributed by atoms with Crippen LogP contribution < -0.4 is 10.6 Å². The normalized spacial score (nSPS) is 19.3. The van der Waals surface area contributed by atoms with Crippen molar-refractivity contribution < 1.29 is 33.8 Å². The van der Waals surface area contributed by atoms with Crippen molar-refractivity contribution in [2.45, 2.75) is 124 Å². The Morgan fingerprint density at radius 2 is 1.74 bits per heavy atom. The van der Waals surface area contributed by atoms with Gasteiger partial charge in [0.25, 0.3) is 5.91 Å². The Labute approximate surface area is 319 Å². The fraction of sp³-hybridized carbons (Fsp3) is 0.650. The third kappa shape index (κ3) is 12.6. The van der Waals surface area contributed by atoms with Crippen LogP contribution in [0.25, 0.3) is 0 Å². The number of carbonyl (C=O) groups is 5. The van der Waals surface area contributed by atoms with E-state index in [4.69, 9.17) is 4.74 Å². The summed E-state index contributed by atoms with van der Waals surface area (Å²) < 4.78 is 5.78. The minimum absolute atomic E-state index is 0.0226. The van der Waals surface area contributed by atoms with Crippen LogP contribution in [-0.4, -0.2) is 94.4 Å². The quantitative estimate of drug-likeness (QED) is 0.162. The summed E-state index contributed by atoms with van der Waals surface area (Å²) in [6.07, 6.45) is 2.44. The molecule has 3 amide bonds. The van der Waals surface area contributed by atoms with Gasteiger partial charge < -0.3 is 25.4 Å². The zero-order valence-corrected chi connectivity index (χ0v) is 34.0. The Bertz CT molecular complexity index is 1550. The molecule has 53 heavy (non-hydrogen) atoms. The van der Waals surface area contributed by atoms with Crippen LogP contribution in [0.5, 0.6) is 0 Å². The average Bonchev–Trinajstić information content (AvgIpc) is 3.60. The van der Waals surface area contributed by atoms with Crippen LogP contribution in [0.4, 0.5) is 0 Å². The molecule has 1 aliphatic heterocycles. The first-order chi connectivity index (χ1) is 24.8. The minimum atomic E-state index is -0.945. The lowest BCUT2D eigenvalue weighted by Gasteiger charge is -2.42. The molecule has 3 rings (SSSR count). The topological polar surface area (TPSA) is 158 Å². The van der Waals surface area contributed by atoms with Gasteiger partial charge in [-0.05, 0) is 62.1 Å². The van der Waals surface area contributed by atoms with Gasteiger partial charge in [0.2, 0.25) is 11.8 Å². The Balaban J connectivity index is 1.82. The van der Waals surface area contributed by atoms with Gasteiger partial charge in [-0.1, -0.05) is 85.2 Å². The first-order valence-corrected chi connectivity index (χ1v) is 19.7. The van der Waals surface area contributed by atoms with Crippen LogP contribution in [0.3, 0.4) is 0 Å². The molecule has 3 N–H and O–H groups in total. The number of piperidine rings is 1. The van der Waals surface area contributed by atoms with Crippen molar-refractivity contribution >= 4 is 41.0 Å². The van der Waals surface area contributed by atoms with Crippen LogP contribution in [0.2, 0.25) is 0 Å². The van der Waals surface area contributed by atoms with E-state index < -0.39 is 48.0 Å². The number of nitrogens with zero attached hydrogens (tertiary/aromatic N) is 3. The van der Waals surface area contributed by atoms with E-state index in [2.05, 4.69) is 34.4 Å². The second-order valence-corrected chi connectivity index (χ2v) is 16.9. The number of likely N-dealkylation sites (tertiary alicyclic amines) is 1. The van der Waals surface area contributed by atoms with E-state index in [0.29, 0.717) is 24.3 Å². The molecule has 2 heterocycles. The Morgan fingerprint density at radius 1 is 1.08 bits per heavy atom. The lowest BCUT2D eigenvalue weighted by Crippen LogP contribution is -2.59. The van der Waals surface area contributed by atoms with Crippen LogP contribution >= 0.6 is 11.3 Å². The van der Waals surface area contributed by atoms with Gasteiger partial charge in [-0.15, -0.1) is 11.3 Å². The van der Waals surface area contributed by atoms with Crippen molar-refractivity contribution in [3.63, 3.8) is 0 Å². The molecule has 12 nitrogen and oxygen atoms in total. The number of ether oxygens (including phenoxy) is 1. The Morgan fingerprint density at radius 3 is 2.32 bits per heavy atom. The number of carboxylic acid groups (broad SMARTS) is 1. The molecule has 1 aliphatic rings. The van der Waals surface area contributed by atoms with Crippen molar-refractivity contribution in [3.05, 3.63) is 52.0 Å². The molecular weight excluding hydrogens is 695 g/mol. The van der Waals surface area contributed by atoms with Gasteiger partial charge in [-0.25, -0.2) is 4.98 Å². The number of carboxylic acids is 1. The third-order valence-corrected chi connectivity index (χ3v) is 11.6. The Kier molecular flexibility index (Phi) is 16.0. The fourth-order valence-corrected chi connectivity index (χ4v) is 7.78. The van der Waals surface area contributed by atoms with Gasteiger partial charge in [0.05, 0.1) is 12.0 Å². The molecule has 0 aliphatic carbocycles.